The largest absolute Gasteiger partial charge is 0.545 e. The lowest BCUT2D eigenvalue weighted by Gasteiger charge is -2.09. The van der Waals surface area contributed by atoms with E-state index in [0.29, 0.717) is 15.8 Å². The zero-order valence-electron chi connectivity index (χ0n) is 16.4. The molecule has 6 nitrogen and oxygen atoms in total. The van der Waals surface area contributed by atoms with Crippen molar-refractivity contribution < 1.29 is 14.7 Å². The molecule has 0 bridgehead atoms. The highest BCUT2D eigenvalue weighted by Gasteiger charge is 2.24. The first-order valence-corrected chi connectivity index (χ1v) is 10.1. The van der Waals surface area contributed by atoms with Gasteiger partial charge in [-0.15, -0.1) is 0 Å². The standard InChI is InChI=1S/C23H19N3O3S/c1-14-6-3-10-19(15(14)2)24-23-25-21(27)20(30-23)13-18-9-5-11-26(18)17-8-4-7-16(12-17)22(28)29/h3-13H,1-2H3,(H,28,29)(H,24,25,27)/p-1/b20-13-. The second-order valence-electron chi connectivity index (χ2n) is 6.84. The van der Waals surface area contributed by atoms with E-state index in [-0.39, 0.29) is 11.5 Å². The highest BCUT2D eigenvalue weighted by atomic mass is 32.2. The quantitative estimate of drug-likeness (QED) is 0.661. The van der Waals surface area contributed by atoms with Gasteiger partial charge in [0.1, 0.15) is 0 Å². The Labute approximate surface area is 178 Å². The van der Waals surface area contributed by atoms with E-state index in [0.717, 1.165) is 22.5 Å². The number of aryl methyl sites for hydroxylation is 1. The summed E-state index contributed by atoms with van der Waals surface area (Å²) >= 11 is 1.27. The molecule has 1 saturated heterocycles. The normalized spacial score (nSPS) is 16.3. The first-order chi connectivity index (χ1) is 14.4. The summed E-state index contributed by atoms with van der Waals surface area (Å²) in [6, 6.07) is 16.0. The molecule has 0 unspecified atom stereocenters. The number of benzene rings is 2. The van der Waals surface area contributed by atoms with Gasteiger partial charge in [0.05, 0.1) is 16.6 Å². The number of hydrogen-bond donors (Lipinski definition) is 1. The Morgan fingerprint density at radius 2 is 1.93 bits per heavy atom. The number of hydrogen-bond acceptors (Lipinski definition) is 5. The zero-order valence-corrected chi connectivity index (χ0v) is 17.2. The van der Waals surface area contributed by atoms with Crippen LogP contribution < -0.4 is 10.4 Å². The van der Waals surface area contributed by atoms with E-state index in [9.17, 15) is 14.7 Å². The van der Waals surface area contributed by atoms with E-state index in [1.165, 1.54) is 23.9 Å². The van der Waals surface area contributed by atoms with Gasteiger partial charge in [-0.25, -0.2) is 4.99 Å². The van der Waals surface area contributed by atoms with Gasteiger partial charge in [0, 0.05) is 17.6 Å². The molecule has 1 N–H and O–H groups in total. The summed E-state index contributed by atoms with van der Waals surface area (Å²) in [5.74, 6) is -1.46. The lowest BCUT2D eigenvalue weighted by atomic mass is 10.1. The smallest absolute Gasteiger partial charge is 0.264 e. The molecule has 1 aliphatic heterocycles. The fraction of sp³-hybridized carbons (Fsp3) is 0.0870. The molecule has 0 radical (unpaired) electrons. The third-order valence-corrected chi connectivity index (χ3v) is 5.78. The summed E-state index contributed by atoms with van der Waals surface area (Å²) < 4.78 is 1.81. The number of carbonyl (C=O) groups is 2. The Morgan fingerprint density at radius 1 is 1.13 bits per heavy atom. The highest BCUT2D eigenvalue weighted by molar-refractivity contribution is 8.18. The molecule has 0 aliphatic carbocycles. The van der Waals surface area contributed by atoms with Gasteiger partial charge in [0.15, 0.2) is 5.17 Å². The van der Waals surface area contributed by atoms with E-state index in [1.54, 1.807) is 18.2 Å². The van der Waals surface area contributed by atoms with Crippen LogP contribution in [0.15, 0.2) is 70.7 Å². The Morgan fingerprint density at radius 3 is 2.73 bits per heavy atom. The molecule has 150 valence electrons. The summed E-state index contributed by atoms with van der Waals surface area (Å²) in [5, 5.41) is 14.5. The maximum absolute atomic E-state index is 12.5. The van der Waals surface area contributed by atoms with E-state index in [1.807, 2.05) is 54.9 Å². The summed E-state index contributed by atoms with van der Waals surface area (Å²) in [6.45, 7) is 4.02. The topological polar surface area (TPSA) is 86.5 Å². The van der Waals surface area contributed by atoms with Gasteiger partial charge in [-0.2, -0.15) is 0 Å². The van der Waals surface area contributed by atoms with E-state index < -0.39 is 5.97 Å². The molecule has 0 atom stereocenters. The summed E-state index contributed by atoms with van der Waals surface area (Å²) in [5.41, 5.74) is 4.53. The minimum absolute atomic E-state index is 0.0933. The monoisotopic (exact) mass is 416 g/mol. The van der Waals surface area contributed by atoms with Crippen molar-refractivity contribution in [1.29, 1.82) is 0 Å². The third-order valence-electron chi connectivity index (χ3n) is 4.87. The number of aromatic nitrogens is 1. The SMILES string of the molecule is Cc1cccc(N=C2NC(=O)/C(=C/c3cccn3-c3cccc(C(=O)[O-])c3)S2)c1C. The maximum atomic E-state index is 12.5. The number of amides is 1. The number of nitrogens with one attached hydrogen (secondary N) is 1. The number of aliphatic imine (C=N–C) groups is 1. The Bertz CT molecular complexity index is 1220. The molecular formula is C23H18N3O3S-. The minimum Gasteiger partial charge on any atom is -0.545 e. The number of carboxylic acid groups (broad SMARTS) is 1. The average molecular weight is 416 g/mol. The molecule has 1 fully saturated rings. The predicted molar refractivity (Wildman–Crippen MR) is 117 cm³/mol. The van der Waals surface area contributed by atoms with Crippen molar-refractivity contribution in [3.8, 4) is 5.69 Å². The van der Waals surface area contributed by atoms with Crippen molar-refractivity contribution in [1.82, 2.24) is 9.88 Å². The average Bonchev–Trinajstić information content (AvgIpc) is 3.32. The van der Waals surface area contributed by atoms with Crippen molar-refractivity contribution >= 4 is 40.6 Å². The van der Waals surface area contributed by atoms with Crippen molar-refractivity contribution in [3.63, 3.8) is 0 Å². The summed E-state index contributed by atoms with van der Waals surface area (Å²) in [7, 11) is 0. The summed E-state index contributed by atoms with van der Waals surface area (Å²) in [4.78, 5) is 28.7. The molecule has 2 heterocycles. The number of thioether (sulfide) groups is 1. The molecule has 4 rings (SSSR count). The molecule has 7 heteroatoms. The van der Waals surface area contributed by atoms with Gasteiger partial charge < -0.3 is 19.8 Å². The van der Waals surface area contributed by atoms with Gasteiger partial charge in [-0.1, -0.05) is 24.3 Å². The molecule has 0 spiro atoms. The molecule has 2 aromatic carbocycles. The number of aromatic carboxylic acids is 1. The van der Waals surface area contributed by atoms with Crippen LogP contribution in [0.5, 0.6) is 0 Å². The van der Waals surface area contributed by atoms with Crippen LogP contribution in [-0.2, 0) is 4.79 Å². The summed E-state index contributed by atoms with van der Waals surface area (Å²) in [6.07, 6.45) is 3.57. The molecule has 1 aromatic heterocycles. The molecule has 30 heavy (non-hydrogen) atoms. The van der Waals surface area contributed by atoms with Crippen LogP contribution in [0, 0.1) is 13.8 Å². The number of carbonyl (C=O) groups excluding carboxylic acids is 2. The van der Waals surface area contributed by atoms with E-state index in [2.05, 4.69) is 10.3 Å². The van der Waals surface area contributed by atoms with Gasteiger partial charge in [0.25, 0.3) is 5.91 Å². The first kappa shape index (κ1) is 19.7. The van der Waals surface area contributed by atoms with E-state index in [4.69, 9.17) is 0 Å². The van der Waals surface area contributed by atoms with Crippen LogP contribution in [0.3, 0.4) is 0 Å². The predicted octanol–water partition coefficient (Wildman–Crippen LogP) is 3.35. The van der Waals surface area contributed by atoms with E-state index >= 15 is 0 Å². The van der Waals surface area contributed by atoms with Crippen LogP contribution in [0.4, 0.5) is 5.69 Å². The van der Waals surface area contributed by atoms with Crippen LogP contribution >= 0.6 is 11.8 Å². The number of nitrogens with zero attached hydrogens (tertiary/aromatic N) is 2. The zero-order chi connectivity index (χ0) is 21.3. The van der Waals surface area contributed by atoms with Crippen LogP contribution in [0.25, 0.3) is 11.8 Å². The van der Waals surface area contributed by atoms with Gasteiger partial charge >= 0.3 is 0 Å². The van der Waals surface area contributed by atoms with Crippen molar-refractivity contribution in [3.05, 3.63) is 88.1 Å². The second-order valence-corrected chi connectivity index (χ2v) is 7.87. The lowest BCUT2D eigenvalue weighted by Crippen LogP contribution is -2.22. The number of amidine groups is 1. The van der Waals surface area contributed by atoms with Crippen LogP contribution in [-0.4, -0.2) is 21.6 Å². The Hall–Kier alpha value is -3.58. The van der Waals surface area contributed by atoms with Crippen LogP contribution in [0.2, 0.25) is 0 Å². The van der Waals surface area contributed by atoms with Gasteiger partial charge in [-0.3, -0.25) is 4.79 Å². The molecule has 3 aromatic rings. The molecule has 1 aliphatic rings. The van der Waals surface area contributed by atoms with Gasteiger partial charge in [0.2, 0.25) is 0 Å². The second kappa shape index (κ2) is 8.04. The third kappa shape index (κ3) is 3.92. The Balaban J connectivity index is 1.64. The highest BCUT2D eigenvalue weighted by Crippen LogP contribution is 2.30. The first-order valence-electron chi connectivity index (χ1n) is 9.27. The molecule has 1 amide bonds. The molecule has 0 saturated carbocycles. The minimum atomic E-state index is -1.23. The number of carboxylic acids is 1. The Kier molecular flexibility index (Phi) is 5.29. The van der Waals surface area contributed by atoms with Gasteiger partial charge in [-0.05, 0) is 78.7 Å². The van der Waals surface area contributed by atoms with Crippen LogP contribution in [0.1, 0.15) is 27.2 Å². The molecular weight excluding hydrogens is 398 g/mol. The number of rotatable bonds is 4. The van der Waals surface area contributed by atoms with Crippen molar-refractivity contribution in [2.45, 2.75) is 13.8 Å². The fourth-order valence-corrected chi connectivity index (χ4v) is 3.93. The van der Waals surface area contributed by atoms with Crippen molar-refractivity contribution in [2.24, 2.45) is 4.99 Å². The lowest BCUT2D eigenvalue weighted by molar-refractivity contribution is -0.255. The fourth-order valence-electron chi connectivity index (χ4n) is 3.11. The maximum Gasteiger partial charge on any atom is 0.264 e. The van der Waals surface area contributed by atoms with Crippen molar-refractivity contribution in [2.75, 3.05) is 0 Å².